The molecular weight excluding hydrogens is 143 g/mol. The molecule has 2 heteroatoms. The van der Waals surface area contributed by atoms with E-state index < -0.39 is 0 Å². The zero-order valence-electron chi connectivity index (χ0n) is 6.69. The number of phenols is 1. The van der Waals surface area contributed by atoms with Crippen LogP contribution in [0.15, 0.2) is 12.1 Å². The van der Waals surface area contributed by atoms with Crippen molar-refractivity contribution in [3.8, 4) is 5.75 Å². The second kappa shape index (κ2) is 2.91. The molecule has 1 nitrogen and oxygen atoms in total. The molecule has 0 aromatic heterocycles. The summed E-state index contributed by atoms with van der Waals surface area (Å²) >= 11 is 0. The highest BCUT2D eigenvalue weighted by atomic mass is 19.1. The van der Waals surface area contributed by atoms with Crippen molar-refractivity contribution in [1.82, 2.24) is 0 Å². The highest BCUT2D eigenvalue weighted by Gasteiger charge is 2.03. The van der Waals surface area contributed by atoms with Gasteiger partial charge in [-0.05, 0) is 36.6 Å². The van der Waals surface area contributed by atoms with Crippen LogP contribution >= 0.6 is 0 Å². The molecule has 60 valence electrons. The Morgan fingerprint density at radius 1 is 1.45 bits per heavy atom. The molecule has 1 rings (SSSR count). The maximum absolute atomic E-state index is 12.9. The number of halogens is 1. The molecule has 1 aromatic rings. The quantitative estimate of drug-likeness (QED) is 0.658. The summed E-state index contributed by atoms with van der Waals surface area (Å²) < 4.78 is 12.9. The third kappa shape index (κ3) is 1.50. The fourth-order valence-electron chi connectivity index (χ4n) is 0.975. The zero-order chi connectivity index (χ0) is 8.43. The Hall–Kier alpha value is -1.05. The summed E-state index contributed by atoms with van der Waals surface area (Å²) in [6, 6.07) is 2.83. The maximum Gasteiger partial charge on any atom is 0.126 e. The molecule has 0 saturated carbocycles. The van der Waals surface area contributed by atoms with Gasteiger partial charge in [-0.25, -0.2) is 4.39 Å². The van der Waals surface area contributed by atoms with Crippen molar-refractivity contribution in [2.75, 3.05) is 0 Å². The summed E-state index contributed by atoms with van der Waals surface area (Å²) in [6.45, 7) is 3.53. The molecule has 0 unspecified atom stereocenters. The van der Waals surface area contributed by atoms with E-state index >= 15 is 0 Å². The predicted octanol–water partition coefficient (Wildman–Crippen LogP) is 2.40. The molecule has 0 bridgehead atoms. The molecule has 1 aromatic carbocycles. The van der Waals surface area contributed by atoms with Gasteiger partial charge in [0.05, 0.1) is 0 Å². The van der Waals surface area contributed by atoms with Crippen LogP contribution in [0.25, 0.3) is 0 Å². The number of hydrogen-bond donors (Lipinski definition) is 1. The first-order valence-corrected chi connectivity index (χ1v) is 3.63. The SMILES string of the molecule is CCc1cc(O)c(C)cc1F. The number of phenolic OH excluding ortho intramolecular Hbond substituents is 1. The Morgan fingerprint density at radius 3 is 2.64 bits per heavy atom. The molecule has 0 spiro atoms. The van der Waals surface area contributed by atoms with Crippen LogP contribution in [0.1, 0.15) is 18.1 Å². The highest BCUT2D eigenvalue weighted by Crippen LogP contribution is 2.20. The molecular formula is C9H11FO. The van der Waals surface area contributed by atoms with Crippen LogP contribution in [0.5, 0.6) is 5.75 Å². The lowest BCUT2D eigenvalue weighted by Gasteiger charge is -2.02. The van der Waals surface area contributed by atoms with E-state index in [4.69, 9.17) is 0 Å². The molecule has 0 aliphatic carbocycles. The Bertz CT molecular complexity index is 269. The van der Waals surface area contributed by atoms with Gasteiger partial charge in [-0.1, -0.05) is 6.92 Å². The fraction of sp³-hybridized carbons (Fsp3) is 0.333. The van der Waals surface area contributed by atoms with E-state index in [1.165, 1.54) is 12.1 Å². The molecule has 0 heterocycles. The Labute approximate surface area is 65.5 Å². The molecule has 1 N–H and O–H groups in total. The van der Waals surface area contributed by atoms with Crippen molar-refractivity contribution in [3.63, 3.8) is 0 Å². The van der Waals surface area contributed by atoms with Crippen LogP contribution in [-0.2, 0) is 6.42 Å². The molecule has 0 aliphatic rings. The van der Waals surface area contributed by atoms with Crippen LogP contribution in [0.4, 0.5) is 4.39 Å². The van der Waals surface area contributed by atoms with E-state index in [1.54, 1.807) is 6.92 Å². The van der Waals surface area contributed by atoms with Gasteiger partial charge in [0, 0.05) is 0 Å². The summed E-state index contributed by atoms with van der Waals surface area (Å²) in [6.07, 6.45) is 0.611. The topological polar surface area (TPSA) is 20.2 Å². The van der Waals surface area contributed by atoms with Gasteiger partial charge in [0.15, 0.2) is 0 Å². The predicted molar refractivity (Wildman–Crippen MR) is 42.2 cm³/mol. The average Bonchev–Trinajstić information content (AvgIpc) is 1.97. The van der Waals surface area contributed by atoms with Crippen LogP contribution in [0.2, 0.25) is 0 Å². The lowest BCUT2D eigenvalue weighted by atomic mass is 10.1. The van der Waals surface area contributed by atoms with Gasteiger partial charge >= 0.3 is 0 Å². The second-order valence-corrected chi connectivity index (χ2v) is 2.58. The van der Waals surface area contributed by atoms with Crippen LogP contribution in [0, 0.1) is 12.7 Å². The van der Waals surface area contributed by atoms with Crippen LogP contribution < -0.4 is 0 Å². The summed E-state index contributed by atoms with van der Waals surface area (Å²) in [5.41, 5.74) is 1.15. The first kappa shape index (κ1) is 8.05. The molecule has 0 saturated heterocycles. The van der Waals surface area contributed by atoms with Gasteiger partial charge < -0.3 is 5.11 Å². The van der Waals surface area contributed by atoms with Gasteiger partial charge in [-0.15, -0.1) is 0 Å². The van der Waals surface area contributed by atoms with Crippen LogP contribution in [-0.4, -0.2) is 5.11 Å². The molecule has 0 fully saturated rings. The van der Waals surface area contributed by atoms with Gasteiger partial charge in [-0.2, -0.15) is 0 Å². The van der Waals surface area contributed by atoms with Crippen molar-refractivity contribution in [2.24, 2.45) is 0 Å². The minimum Gasteiger partial charge on any atom is -0.508 e. The summed E-state index contributed by atoms with van der Waals surface area (Å²) in [7, 11) is 0. The lowest BCUT2D eigenvalue weighted by molar-refractivity contribution is 0.467. The monoisotopic (exact) mass is 154 g/mol. The van der Waals surface area contributed by atoms with Crippen molar-refractivity contribution in [2.45, 2.75) is 20.3 Å². The van der Waals surface area contributed by atoms with Gasteiger partial charge in [-0.3, -0.25) is 0 Å². The summed E-state index contributed by atoms with van der Waals surface area (Å²) in [5.74, 6) is -0.0638. The zero-order valence-corrected chi connectivity index (χ0v) is 6.69. The number of benzene rings is 1. The van der Waals surface area contributed by atoms with Crippen LogP contribution in [0.3, 0.4) is 0 Å². The first-order valence-electron chi connectivity index (χ1n) is 3.63. The first-order chi connectivity index (χ1) is 5.15. The fourth-order valence-corrected chi connectivity index (χ4v) is 0.975. The summed E-state index contributed by atoms with van der Waals surface area (Å²) in [4.78, 5) is 0. The van der Waals surface area contributed by atoms with Crippen molar-refractivity contribution < 1.29 is 9.50 Å². The molecule has 11 heavy (non-hydrogen) atoms. The minimum absolute atomic E-state index is 0.170. The number of aromatic hydroxyl groups is 1. The Balaban J connectivity index is 3.21. The largest absolute Gasteiger partial charge is 0.508 e. The van der Waals surface area contributed by atoms with Crippen molar-refractivity contribution in [3.05, 3.63) is 29.1 Å². The standard InChI is InChI=1S/C9H11FO/c1-3-7-5-9(11)6(2)4-8(7)10/h4-5,11H,3H2,1-2H3. The molecule has 0 atom stereocenters. The van der Waals surface area contributed by atoms with E-state index in [0.717, 1.165) is 0 Å². The third-order valence-corrected chi connectivity index (χ3v) is 1.75. The number of hydrogen-bond acceptors (Lipinski definition) is 1. The molecule has 0 aliphatic heterocycles. The summed E-state index contributed by atoms with van der Waals surface area (Å²) in [5, 5.41) is 9.19. The number of rotatable bonds is 1. The van der Waals surface area contributed by atoms with E-state index in [9.17, 15) is 9.50 Å². The third-order valence-electron chi connectivity index (χ3n) is 1.75. The Morgan fingerprint density at radius 2 is 2.09 bits per heavy atom. The van der Waals surface area contributed by atoms with E-state index in [1.807, 2.05) is 6.92 Å². The van der Waals surface area contributed by atoms with Crippen molar-refractivity contribution >= 4 is 0 Å². The minimum atomic E-state index is -0.234. The smallest absolute Gasteiger partial charge is 0.126 e. The maximum atomic E-state index is 12.9. The van der Waals surface area contributed by atoms with E-state index in [2.05, 4.69) is 0 Å². The molecule has 0 amide bonds. The Kier molecular flexibility index (Phi) is 2.13. The van der Waals surface area contributed by atoms with Crippen molar-refractivity contribution in [1.29, 1.82) is 0 Å². The second-order valence-electron chi connectivity index (χ2n) is 2.58. The van der Waals surface area contributed by atoms with Gasteiger partial charge in [0.25, 0.3) is 0 Å². The average molecular weight is 154 g/mol. The highest BCUT2D eigenvalue weighted by molar-refractivity contribution is 5.36. The van der Waals surface area contributed by atoms with Gasteiger partial charge in [0.1, 0.15) is 11.6 Å². The van der Waals surface area contributed by atoms with E-state index in [0.29, 0.717) is 17.5 Å². The number of aryl methyl sites for hydroxylation is 2. The normalized spacial score (nSPS) is 10.1. The molecule has 0 radical (unpaired) electrons. The van der Waals surface area contributed by atoms with Gasteiger partial charge in [0.2, 0.25) is 0 Å². The van der Waals surface area contributed by atoms with E-state index in [-0.39, 0.29) is 11.6 Å². The lowest BCUT2D eigenvalue weighted by Crippen LogP contribution is -1.88.